The van der Waals surface area contributed by atoms with Gasteiger partial charge < -0.3 is 19.9 Å². The van der Waals surface area contributed by atoms with Gasteiger partial charge in [0, 0.05) is 37.4 Å². The summed E-state index contributed by atoms with van der Waals surface area (Å²) in [5.41, 5.74) is 3.85. The van der Waals surface area contributed by atoms with E-state index in [0.717, 1.165) is 53.6 Å². The fourth-order valence-corrected chi connectivity index (χ4v) is 3.82. The number of aryl methyl sites for hydroxylation is 1. The molecule has 32 heavy (non-hydrogen) atoms. The summed E-state index contributed by atoms with van der Waals surface area (Å²) in [5, 5.41) is 11.9. The summed E-state index contributed by atoms with van der Waals surface area (Å²) in [6.45, 7) is 7.43. The Morgan fingerprint density at radius 2 is 1.69 bits per heavy atom. The molecule has 1 aliphatic rings. The van der Waals surface area contributed by atoms with E-state index in [1.54, 1.807) is 0 Å². The second-order valence-electron chi connectivity index (χ2n) is 7.65. The number of benzene rings is 2. The molecule has 4 rings (SSSR count). The number of anilines is 2. The molecule has 0 spiro atoms. The highest BCUT2D eigenvalue weighted by molar-refractivity contribution is 5.90. The van der Waals surface area contributed by atoms with E-state index in [4.69, 9.17) is 4.74 Å². The number of rotatable bonds is 6. The average molecular weight is 432 g/mol. The number of carbonyl (C=O) groups is 1. The third kappa shape index (κ3) is 4.99. The van der Waals surface area contributed by atoms with Gasteiger partial charge in [-0.3, -0.25) is 0 Å². The molecule has 0 atom stereocenters. The first-order valence-corrected chi connectivity index (χ1v) is 11.1. The summed E-state index contributed by atoms with van der Waals surface area (Å²) in [5.74, 6) is 1.68. The van der Waals surface area contributed by atoms with Crippen LogP contribution >= 0.6 is 0 Å². The minimum atomic E-state index is -0.0533. The Hall–Kier alpha value is -3.61. The Balaban J connectivity index is 1.33. The lowest BCUT2D eigenvalue weighted by Gasteiger charge is -2.35. The zero-order chi connectivity index (χ0) is 22.3. The van der Waals surface area contributed by atoms with Gasteiger partial charge in [-0.1, -0.05) is 25.1 Å². The molecule has 166 valence electrons. The molecule has 0 unspecified atom stereocenters. The molecule has 0 bridgehead atoms. The molecule has 1 N–H and O–H groups in total. The lowest BCUT2D eigenvalue weighted by molar-refractivity contribution is 0.208. The number of aromatic nitrogens is 2. The highest BCUT2D eigenvalue weighted by Crippen LogP contribution is 2.22. The molecule has 0 saturated carbocycles. The van der Waals surface area contributed by atoms with Crippen LogP contribution < -0.4 is 15.0 Å². The number of urea groups is 1. The molecule has 7 nitrogen and oxygen atoms in total. The zero-order valence-electron chi connectivity index (χ0n) is 18.6. The zero-order valence-corrected chi connectivity index (χ0v) is 18.6. The number of para-hydroxylation sites is 1. The lowest BCUT2D eigenvalue weighted by Crippen LogP contribution is -2.50. The van der Waals surface area contributed by atoms with Crippen molar-refractivity contribution in [3.8, 4) is 17.0 Å². The van der Waals surface area contributed by atoms with E-state index in [0.29, 0.717) is 19.7 Å². The smallest absolute Gasteiger partial charge is 0.321 e. The summed E-state index contributed by atoms with van der Waals surface area (Å²) in [7, 11) is 0. The summed E-state index contributed by atoms with van der Waals surface area (Å²) in [4.78, 5) is 16.7. The number of hydrogen-bond acceptors (Lipinski definition) is 5. The number of hydrogen-bond donors (Lipinski definition) is 1. The largest absolute Gasteiger partial charge is 0.494 e. The van der Waals surface area contributed by atoms with Crippen LogP contribution in [0.3, 0.4) is 0 Å². The van der Waals surface area contributed by atoms with E-state index in [9.17, 15) is 4.79 Å². The number of nitrogens with zero attached hydrogens (tertiary/aromatic N) is 4. The maximum atomic E-state index is 12.7. The topological polar surface area (TPSA) is 70.6 Å². The normalized spacial score (nSPS) is 13.7. The average Bonchev–Trinajstić information content (AvgIpc) is 2.85. The van der Waals surface area contributed by atoms with Crippen molar-refractivity contribution in [2.45, 2.75) is 20.3 Å². The Morgan fingerprint density at radius 1 is 0.938 bits per heavy atom. The van der Waals surface area contributed by atoms with Crippen LogP contribution in [0.15, 0.2) is 60.7 Å². The van der Waals surface area contributed by atoms with Crippen molar-refractivity contribution in [3.05, 3.63) is 66.2 Å². The quantitative estimate of drug-likeness (QED) is 0.624. The van der Waals surface area contributed by atoms with Crippen LogP contribution in [0.25, 0.3) is 11.3 Å². The third-order valence-electron chi connectivity index (χ3n) is 5.64. The molecule has 1 aromatic heterocycles. The number of ether oxygens (including phenoxy) is 1. The molecule has 1 aliphatic heterocycles. The van der Waals surface area contributed by atoms with Gasteiger partial charge in [0.1, 0.15) is 5.75 Å². The minimum Gasteiger partial charge on any atom is -0.494 e. The number of carbonyl (C=O) groups excluding carboxylic acids is 1. The molecular formula is C25H29N5O2. The van der Waals surface area contributed by atoms with Crippen LogP contribution in [0.5, 0.6) is 5.75 Å². The van der Waals surface area contributed by atoms with Crippen LogP contribution in [0.2, 0.25) is 0 Å². The first-order chi connectivity index (χ1) is 15.7. The summed E-state index contributed by atoms with van der Waals surface area (Å²) >= 11 is 0. The van der Waals surface area contributed by atoms with Gasteiger partial charge in [0.25, 0.3) is 0 Å². The maximum Gasteiger partial charge on any atom is 0.321 e. The lowest BCUT2D eigenvalue weighted by atomic mass is 10.1. The van der Waals surface area contributed by atoms with Gasteiger partial charge in [0.15, 0.2) is 5.82 Å². The van der Waals surface area contributed by atoms with Gasteiger partial charge in [-0.2, -0.15) is 0 Å². The predicted molar refractivity (Wildman–Crippen MR) is 127 cm³/mol. The first kappa shape index (κ1) is 21.6. The fraction of sp³-hybridized carbons (Fsp3) is 0.320. The molecule has 7 heteroatoms. The summed E-state index contributed by atoms with van der Waals surface area (Å²) in [6, 6.07) is 19.7. The number of amides is 2. The molecule has 2 amide bonds. The van der Waals surface area contributed by atoms with Crippen molar-refractivity contribution in [1.82, 2.24) is 15.1 Å². The Morgan fingerprint density at radius 3 is 2.34 bits per heavy atom. The van der Waals surface area contributed by atoms with E-state index >= 15 is 0 Å². The fourth-order valence-electron chi connectivity index (χ4n) is 3.82. The van der Waals surface area contributed by atoms with Gasteiger partial charge in [0.05, 0.1) is 12.3 Å². The van der Waals surface area contributed by atoms with E-state index in [1.165, 1.54) is 0 Å². The Labute approximate surface area is 189 Å². The van der Waals surface area contributed by atoms with Crippen LogP contribution in [0.4, 0.5) is 16.3 Å². The second-order valence-corrected chi connectivity index (χ2v) is 7.65. The van der Waals surface area contributed by atoms with Gasteiger partial charge in [-0.15, -0.1) is 10.2 Å². The molecule has 1 fully saturated rings. The van der Waals surface area contributed by atoms with Gasteiger partial charge in [-0.25, -0.2) is 4.79 Å². The second kappa shape index (κ2) is 10.1. The van der Waals surface area contributed by atoms with Crippen LogP contribution in [-0.2, 0) is 6.42 Å². The molecule has 2 aromatic carbocycles. The first-order valence-electron chi connectivity index (χ1n) is 11.1. The molecular weight excluding hydrogens is 402 g/mol. The van der Waals surface area contributed by atoms with Crippen molar-refractivity contribution < 1.29 is 9.53 Å². The van der Waals surface area contributed by atoms with Crippen molar-refractivity contribution in [3.63, 3.8) is 0 Å². The Bertz CT molecular complexity index is 1030. The van der Waals surface area contributed by atoms with E-state index < -0.39 is 0 Å². The van der Waals surface area contributed by atoms with Gasteiger partial charge >= 0.3 is 6.03 Å². The monoisotopic (exact) mass is 431 g/mol. The van der Waals surface area contributed by atoms with Crippen LogP contribution in [-0.4, -0.2) is 53.9 Å². The summed E-state index contributed by atoms with van der Waals surface area (Å²) in [6.07, 6.45) is 0.884. The van der Waals surface area contributed by atoms with E-state index in [1.807, 2.05) is 72.5 Å². The van der Waals surface area contributed by atoms with Crippen LogP contribution in [0.1, 0.15) is 19.4 Å². The molecule has 0 radical (unpaired) electrons. The van der Waals surface area contributed by atoms with Gasteiger partial charge in [0.2, 0.25) is 0 Å². The molecule has 3 aromatic rings. The number of nitrogens with one attached hydrogen (secondary N) is 1. The van der Waals surface area contributed by atoms with Crippen LogP contribution in [0, 0.1) is 0 Å². The van der Waals surface area contributed by atoms with Gasteiger partial charge in [-0.05, 0) is 61.4 Å². The SMILES string of the molecule is CCOc1ccc(-c2ccc(N3CCN(C(=O)Nc4ccccc4CC)CC3)nn2)cc1. The van der Waals surface area contributed by atoms with E-state index in [-0.39, 0.29) is 6.03 Å². The van der Waals surface area contributed by atoms with Crippen molar-refractivity contribution >= 4 is 17.5 Å². The highest BCUT2D eigenvalue weighted by Gasteiger charge is 2.22. The number of piperazine rings is 1. The minimum absolute atomic E-state index is 0.0533. The predicted octanol–water partition coefficient (Wildman–Crippen LogP) is 4.46. The van der Waals surface area contributed by atoms with E-state index in [2.05, 4.69) is 27.3 Å². The third-order valence-corrected chi connectivity index (χ3v) is 5.64. The Kier molecular flexibility index (Phi) is 6.84. The molecule has 2 heterocycles. The highest BCUT2D eigenvalue weighted by atomic mass is 16.5. The summed E-state index contributed by atoms with van der Waals surface area (Å²) < 4.78 is 5.49. The van der Waals surface area contributed by atoms with Crippen molar-refractivity contribution in [2.24, 2.45) is 0 Å². The van der Waals surface area contributed by atoms with Crippen molar-refractivity contribution in [1.29, 1.82) is 0 Å². The molecule has 1 saturated heterocycles. The van der Waals surface area contributed by atoms with Crippen molar-refractivity contribution in [2.75, 3.05) is 43.0 Å². The molecule has 0 aliphatic carbocycles. The maximum absolute atomic E-state index is 12.7. The standard InChI is InChI=1S/C25H29N5O2/c1-3-19-7-5-6-8-22(19)26-25(31)30-17-15-29(16-18-30)24-14-13-23(27-28-24)20-9-11-21(12-10-20)32-4-2/h5-14H,3-4,15-18H2,1-2H3,(H,26,31).